The number of ether oxygens (including phenoxy) is 1. The summed E-state index contributed by atoms with van der Waals surface area (Å²) in [5.74, 6) is 0.597. The van der Waals surface area contributed by atoms with Gasteiger partial charge in [0.1, 0.15) is 5.75 Å². The molecule has 0 N–H and O–H groups in total. The Morgan fingerprint density at radius 3 is 2.45 bits per heavy atom. The van der Waals surface area contributed by atoms with Crippen LogP contribution in [0.4, 0.5) is 0 Å². The maximum Gasteiger partial charge on any atom is 0.258 e. The van der Waals surface area contributed by atoms with Crippen molar-refractivity contribution in [3.63, 3.8) is 0 Å². The molecule has 8 heteroatoms. The highest BCUT2D eigenvalue weighted by molar-refractivity contribution is 7.79. The molecule has 0 radical (unpaired) electrons. The van der Waals surface area contributed by atoms with Crippen LogP contribution in [0.5, 0.6) is 5.75 Å². The summed E-state index contributed by atoms with van der Waals surface area (Å²) in [7, 11) is 5.12. The molecule has 7 nitrogen and oxygen atoms in total. The first-order valence-electron chi connectivity index (χ1n) is 9.69. The highest BCUT2D eigenvalue weighted by atomic mass is 32.2. The molecule has 2 atom stereocenters. The molecule has 0 amide bonds. The number of fused-ring (bicyclic) bond motifs is 1. The molecule has 0 aliphatic heterocycles. The first-order chi connectivity index (χ1) is 14.8. The summed E-state index contributed by atoms with van der Waals surface area (Å²) in [6.45, 7) is 1.63. The molecule has 0 aliphatic rings. The van der Waals surface area contributed by atoms with E-state index >= 15 is 0 Å². The lowest BCUT2D eigenvalue weighted by Gasteiger charge is -2.19. The van der Waals surface area contributed by atoms with E-state index in [4.69, 9.17) is 4.74 Å². The number of rotatable bonds is 5. The van der Waals surface area contributed by atoms with Gasteiger partial charge in [0.05, 0.1) is 13.3 Å². The van der Waals surface area contributed by atoms with Crippen molar-refractivity contribution >= 4 is 21.9 Å². The molecule has 0 fully saturated rings. The molecule has 0 aliphatic carbocycles. The SMILES string of the molecule is COc1ccc(C(C)S(=O)[O-])cc1-c1cn(C)c(=O)c2ccc(-c3cnn(C)c3)cc12. The minimum atomic E-state index is -2.25. The van der Waals surface area contributed by atoms with Gasteiger partial charge in [-0.1, -0.05) is 12.1 Å². The maximum absolute atomic E-state index is 12.8. The zero-order valence-electron chi connectivity index (χ0n) is 17.7. The Bertz CT molecular complexity index is 1370. The van der Waals surface area contributed by atoms with Crippen molar-refractivity contribution < 1.29 is 13.5 Å². The van der Waals surface area contributed by atoms with Crippen LogP contribution in [0.1, 0.15) is 17.7 Å². The molecule has 4 aromatic rings. The quantitative estimate of drug-likeness (QED) is 0.446. The fraction of sp³-hybridized carbons (Fsp3) is 0.217. The molecule has 2 aromatic carbocycles. The van der Waals surface area contributed by atoms with Crippen LogP contribution in [0.15, 0.2) is 59.8 Å². The predicted octanol–water partition coefficient (Wildman–Crippen LogP) is 3.55. The standard InChI is InChI=1S/C23H23N3O4S/c1-14(31(28)29)15-6-8-22(30-4)20(9-15)21-13-25(2)23(27)18-7-5-16(10-19(18)21)17-11-24-26(3)12-17/h5-14H,1-4H3,(H,28,29)/p-1. The van der Waals surface area contributed by atoms with E-state index < -0.39 is 16.3 Å². The zero-order chi connectivity index (χ0) is 22.3. The van der Waals surface area contributed by atoms with Crippen molar-refractivity contribution in [2.24, 2.45) is 14.1 Å². The van der Waals surface area contributed by atoms with E-state index in [1.54, 1.807) is 50.3 Å². The first-order valence-corrected chi connectivity index (χ1v) is 10.8. The van der Waals surface area contributed by atoms with Gasteiger partial charge < -0.3 is 13.9 Å². The van der Waals surface area contributed by atoms with Crippen molar-refractivity contribution in [1.82, 2.24) is 14.3 Å². The van der Waals surface area contributed by atoms with Gasteiger partial charge in [0.2, 0.25) is 0 Å². The Hall–Kier alpha value is -3.23. The Morgan fingerprint density at radius 1 is 1.03 bits per heavy atom. The van der Waals surface area contributed by atoms with Crippen LogP contribution in [0.2, 0.25) is 0 Å². The Morgan fingerprint density at radius 2 is 1.81 bits per heavy atom. The average molecular weight is 437 g/mol. The maximum atomic E-state index is 12.8. The van der Waals surface area contributed by atoms with E-state index in [1.165, 1.54) is 4.57 Å². The van der Waals surface area contributed by atoms with Crippen LogP contribution >= 0.6 is 0 Å². The number of benzene rings is 2. The number of aryl methyl sites for hydroxylation is 2. The Labute approximate surface area is 182 Å². The molecule has 2 heterocycles. The highest BCUT2D eigenvalue weighted by Crippen LogP contribution is 2.37. The zero-order valence-corrected chi connectivity index (χ0v) is 18.5. The number of hydrogen-bond acceptors (Lipinski definition) is 5. The fourth-order valence-electron chi connectivity index (χ4n) is 3.73. The minimum Gasteiger partial charge on any atom is -0.772 e. The molecular weight excluding hydrogens is 414 g/mol. The van der Waals surface area contributed by atoms with Crippen molar-refractivity contribution in [3.8, 4) is 28.0 Å². The first kappa shape index (κ1) is 21.0. The van der Waals surface area contributed by atoms with Crippen LogP contribution in [-0.2, 0) is 25.2 Å². The predicted molar refractivity (Wildman–Crippen MR) is 121 cm³/mol. The third-order valence-corrected chi connectivity index (χ3v) is 6.34. The summed E-state index contributed by atoms with van der Waals surface area (Å²) in [5, 5.41) is 4.89. The van der Waals surface area contributed by atoms with Gasteiger partial charge in [-0.25, -0.2) is 0 Å². The molecule has 2 unspecified atom stereocenters. The third-order valence-electron chi connectivity index (χ3n) is 5.49. The molecular formula is C23H22N3O4S-. The number of aromatic nitrogens is 3. The van der Waals surface area contributed by atoms with E-state index in [0.29, 0.717) is 16.7 Å². The molecule has 160 valence electrons. The van der Waals surface area contributed by atoms with Crippen molar-refractivity contribution in [2.75, 3.05) is 7.11 Å². The molecule has 0 saturated heterocycles. The van der Waals surface area contributed by atoms with E-state index in [-0.39, 0.29) is 5.56 Å². The third kappa shape index (κ3) is 3.80. The van der Waals surface area contributed by atoms with Crippen LogP contribution < -0.4 is 10.3 Å². The largest absolute Gasteiger partial charge is 0.772 e. The van der Waals surface area contributed by atoms with Gasteiger partial charge in [0.15, 0.2) is 0 Å². The van der Waals surface area contributed by atoms with E-state index in [0.717, 1.165) is 27.6 Å². The molecule has 2 aromatic heterocycles. The smallest absolute Gasteiger partial charge is 0.258 e. The van der Waals surface area contributed by atoms with Crippen molar-refractivity contribution in [1.29, 1.82) is 0 Å². The lowest BCUT2D eigenvalue weighted by molar-refractivity contribution is 0.416. The van der Waals surface area contributed by atoms with E-state index in [9.17, 15) is 13.6 Å². The normalized spacial score (nSPS) is 13.3. The average Bonchev–Trinajstić information content (AvgIpc) is 3.21. The number of nitrogens with zero attached hydrogens (tertiary/aromatic N) is 3. The lowest BCUT2D eigenvalue weighted by atomic mass is 9.95. The summed E-state index contributed by atoms with van der Waals surface area (Å²) in [6, 6.07) is 11.0. The molecule has 4 rings (SSSR count). The van der Waals surface area contributed by atoms with Crippen LogP contribution in [0, 0.1) is 0 Å². The van der Waals surface area contributed by atoms with E-state index in [2.05, 4.69) is 5.10 Å². The second-order valence-corrected chi connectivity index (χ2v) is 8.71. The molecule has 0 saturated carbocycles. The monoisotopic (exact) mass is 436 g/mol. The molecule has 0 bridgehead atoms. The Balaban J connectivity index is 2.03. The summed E-state index contributed by atoms with van der Waals surface area (Å²) in [6.07, 6.45) is 5.45. The minimum absolute atomic E-state index is 0.111. The second-order valence-electron chi connectivity index (χ2n) is 7.48. The lowest BCUT2D eigenvalue weighted by Crippen LogP contribution is -2.16. The topological polar surface area (TPSA) is 89.2 Å². The fourth-order valence-corrected chi connectivity index (χ4v) is 4.10. The second kappa shape index (κ2) is 8.13. The van der Waals surface area contributed by atoms with Gasteiger partial charge in [-0.05, 0) is 58.8 Å². The molecule has 0 spiro atoms. The summed E-state index contributed by atoms with van der Waals surface area (Å²) in [5.41, 5.74) is 3.91. The van der Waals surface area contributed by atoms with Gasteiger partial charge in [-0.3, -0.25) is 13.7 Å². The highest BCUT2D eigenvalue weighted by Gasteiger charge is 2.17. The van der Waals surface area contributed by atoms with Gasteiger partial charge in [-0.2, -0.15) is 5.10 Å². The van der Waals surface area contributed by atoms with Crippen LogP contribution in [-0.4, -0.2) is 30.2 Å². The van der Waals surface area contributed by atoms with Gasteiger partial charge in [-0.15, -0.1) is 0 Å². The summed E-state index contributed by atoms with van der Waals surface area (Å²) >= 11 is -2.25. The molecule has 31 heavy (non-hydrogen) atoms. The van der Waals surface area contributed by atoms with Crippen LogP contribution in [0.25, 0.3) is 33.0 Å². The van der Waals surface area contributed by atoms with Crippen LogP contribution in [0.3, 0.4) is 0 Å². The number of pyridine rings is 1. The van der Waals surface area contributed by atoms with Gasteiger partial charge in [0.25, 0.3) is 5.56 Å². The number of hydrogen-bond donors (Lipinski definition) is 0. The van der Waals surface area contributed by atoms with Crippen molar-refractivity contribution in [3.05, 3.63) is 70.9 Å². The summed E-state index contributed by atoms with van der Waals surface area (Å²) < 4.78 is 31.9. The number of methoxy groups -OCH3 is 1. The summed E-state index contributed by atoms with van der Waals surface area (Å²) in [4.78, 5) is 12.8. The van der Waals surface area contributed by atoms with E-state index in [1.807, 2.05) is 37.5 Å². The Kier molecular flexibility index (Phi) is 5.51. The van der Waals surface area contributed by atoms with Crippen molar-refractivity contribution in [2.45, 2.75) is 12.2 Å². The van der Waals surface area contributed by atoms with Gasteiger partial charge >= 0.3 is 0 Å². The van der Waals surface area contributed by atoms with Gasteiger partial charge in [0, 0.05) is 53.8 Å².